The molecule has 3 amide bonds. The van der Waals surface area contributed by atoms with E-state index in [0.29, 0.717) is 62.1 Å². The largest absolute Gasteiger partial charge is 0.490 e. The molecular formula is C18H24ClN3O3. The third-order valence-corrected chi connectivity index (χ3v) is 4.94. The van der Waals surface area contributed by atoms with E-state index in [0.717, 1.165) is 6.42 Å². The van der Waals surface area contributed by atoms with E-state index in [1.807, 2.05) is 11.8 Å². The lowest BCUT2D eigenvalue weighted by Gasteiger charge is -2.37. The SMILES string of the molecule is CCCNC(=O)C1CCN(C(=O)N2CCOc3ccc(Cl)cc32)CC1. The number of hydrogen-bond donors (Lipinski definition) is 1. The van der Waals surface area contributed by atoms with Gasteiger partial charge in [0, 0.05) is 30.6 Å². The number of ether oxygens (including phenoxy) is 1. The number of piperidine rings is 1. The number of amides is 3. The van der Waals surface area contributed by atoms with Crippen LogP contribution in [0.25, 0.3) is 0 Å². The van der Waals surface area contributed by atoms with Gasteiger partial charge in [0.1, 0.15) is 12.4 Å². The molecule has 1 N–H and O–H groups in total. The Balaban J connectivity index is 1.62. The van der Waals surface area contributed by atoms with Crippen LogP contribution in [-0.2, 0) is 4.79 Å². The maximum Gasteiger partial charge on any atom is 0.324 e. The molecule has 0 unspecified atom stereocenters. The van der Waals surface area contributed by atoms with E-state index >= 15 is 0 Å². The molecule has 2 heterocycles. The van der Waals surface area contributed by atoms with Crippen LogP contribution in [0.4, 0.5) is 10.5 Å². The molecule has 1 aromatic carbocycles. The van der Waals surface area contributed by atoms with Gasteiger partial charge in [-0.1, -0.05) is 18.5 Å². The fraction of sp³-hybridized carbons (Fsp3) is 0.556. The van der Waals surface area contributed by atoms with Gasteiger partial charge in [0.05, 0.1) is 12.2 Å². The number of carbonyl (C=O) groups excluding carboxylic acids is 2. The van der Waals surface area contributed by atoms with Crippen molar-refractivity contribution < 1.29 is 14.3 Å². The summed E-state index contributed by atoms with van der Waals surface area (Å²) in [5.74, 6) is 0.789. The number of nitrogens with one attached hydrogen (secondary N) is 1. The standard InChI is InChI=1S/C18H24ClN3O3/c1-2-7-20-17(23)13-5-8-21(9-6-13)18(24)22-10-11-25-16-4-3-14(19)12-15(16)22/h3-4,12-13H,2,5-11H2,1H3,(H,20,23). The number of anilines is 1. The highest BCUT2D eigenvalue weighted by molar-refractivity contribution is 6.31. The van der Waals surface area contributed by atoms with Gasteiger partial charge < -0.3 is 15.0 Å². The minimum atomic E-state index is -0.0424. The summed E-state index contributed by atoms with van der Waals surface area (Å²) in [6.45, 7) is 4.91. The van der Waals surface area contributed by atoms with E-state index < -0.39 is 0 Å². The number of halogens is 1. The summed E-state index contributed by atoms with van der Waals surface area (Å²) in [5.41, 5.74) is 0.714. The second-order valence-electron chi connectivity index (χ2n) is 6.45. The monoisotopic (exact) mass is 365 g/mol. The quantitative estimate of drug-likeness (QED) is 0.895. The van der Waals surface area contributed by atoms with Crippen molar-refractivity contribution in [2.75, 3.05) is 37.7 Å². The van der Waals surface area contributed by atoms with Crippen molar-refractivity contribution in [2.24, 2.45) is 5.92 Å². The van der Waals surface area contributed by atoms with E-state index in [-0.39, 0.29) is 17.9 Å². The average molecular weight is 366 g/mol. The first-order valence-electron chi connectivity index (χ1n) is 8.86. The van der Waals surface area contributed by atoms with Gasteiger partial charge in [-0.2, -0.15) is 0 Å². The third-order valence-electron chi connectivity index (χ3n) is 4.70. The third kappa shape index (κ3) is 4.00. The Kier molecular flexibility index (Phi) is 5.68. The maximum absolute atomic E-state index is 12.9. The fourth-order valence-electron chi connectivity index (χ4n) is 3.29. The molecule has 1 fully saturated rings. The number of rotatable bonds is 3. The van der Waals surface area contributed by atoms with Crippen molar-refractivity contribution in [2.45, 2.75) is 26.2 Å². The molecule has 1 saturated heterocycles. The van der Waals surface area contributed by atoms with Crippen LogP contribution in [-0.4, -0.2) is 49.6 Å². The Morgan fingerprint density at radius 1 is 1.28 bits per heavy atom. The van der Waals surface area contributed by atoms with Crippen LogP contribution in [0.5, 0.6) is 5.75 Å². The summed E-state index contributed by atoms with van der Waals surface area (Å²) < 4.78 is 5.61. The molecule has 2 aliphatic rings. The van der Waals surface area contributed by atoms with Crippen LogP contribution < -0.4 is 15.0 Å². The highest BCUT2D eigenvalue weighted by atomic mass is 35.5. The zero-order valence-electron chi connectivity index (χ0n) is 14.5. The van der Waals surface area contributed by atoms with Crippen molar-refractivity contribution in [3.8, 4) is 5.75 Å². The van der Waals surface area contributed by atoms with Gasteiger partial charge in [0.15, 0.2) is 0 Å². The van der Waals surface area contributed by atoms with Crippen molar-refractivity contribution >= 4 is 29.2 Å². The van der Waals surface area contributed by atoms with Gasteiger partial charge in [-0.3, -0.25) is 9.69 Å². The molecule has 25 heavy (non-hydrogen) atoms. The molecule has 0 saturated carbocycles. The zero-order chi connectivity index (χ0) is 17.8. The fourth-order valence-corrected chi connectivity index (χ4v) is 3.45. The molecule has 0 bridgehead atoms. The van der Waals surface area contributed by atoms with E-state index in [9.17, 15) is 9.59 Å². The lowest BCUT2D eigenvalue weighted by molar-refractivity contribution is -0.126. The minimum absolute atomic E-state index is 0.00187. The smallest absolute Gasteiger partial charge is 0.324 e. The number of benzene rings is 1. The van der Waals surface area contributed by atoms with Crippen LogP contribution in [0.15, 0.2) is 18.2 Å². The maximum atomic E-state index is 12.9. The predicted octanol–water partition coefficient (Wildman–Crippen LogP) is 2.90. The van der Waals surface area contributed by atoms with Gasteiger partial charge in [-0.15, -0.1) is 0 Å². The normalized spacial score (nSPS) is 17.7. The lowest BCUT2D eigenvalue weighted by Crippen LogP contribution is -2.50. The average Bonchev–Trinajstić information content (AvgIpc) is 2.65. The van der Waals surface area contributed by atoms with Crippen molar-refractivity contribution in [1.82, 2.24) is 10.2 Å². The minimum Gasteiger partial charge on any atom is -0.490 e. The highest BCUT2D eigenvalue weighted by Crippen LogP contribution is 2.35. The molecule has 0 aliphatic carbocycles. The summed E-state index contributed by atoms with van der Waals surface area (Å²) >= 11 is 6.08. The van der Waals surface area contributed by atoms with E-state index in [2.05, 4.69) is 5.32 Å². The molecule has 7 heteroatoms. The summed E-state index contributed by atoms with van der Waals surface area (Å²) in [6.07, 6.45) is 2.34. The van der Waals surface area contributed by atoms with Gasteiger partial charge >= 0.3 is 6.03 Å². The molecular weight excluding hydrogens is 342 g/mol. The van der Waals surface area contributed by atoms with Crippen molar-refractivity contribution in [1.29, 1.82) is 0 Å². The predicted molar refractivity (Wildman–Crippen MR) is 97.3 cm³/mol. The highest BCUT2D eigenvalue weighted by Gasteiger charge is 2.32. The van der Waals surface area contributed by atoms with Crippen molar-refractivity contribution in [3.63, 3.8) is 0 Å². The summed E-state index contributed by atoms with van der Waals surface area (Å²) in [6, 6.07) is 5.27. The number of fused-ring (bicyclic) bond motifs is 1. The van der Waals surface area contributed by atoms with Crippen molar-refractivity contribution in [3.05, 3.63) is 23.2 Å². The summed E-state index contributed by atoms with van der Waals surface area (Å²) in [4.78, 5) is 28.6. The van der Waals surface area contributed by atoms with E-state index in [1.54, 1.807) is 23.1 Å². The van der Waals surface area contributed by atoms with Crippen LogP contribution in [0.2, 0.25) is 5.02 Å². The van der Waals surface area contributed by atoms with Crippen LogP contribution in [0, 0.1) is 5.92 Å². The molecule has 3 rings (SSSR count). The first-order valence-corrected chi connectivity index (χ1v) is 9.24. The summed E-state index contributed by atoms with van der Waals surface area (Å²) in [5, 5.41) is 3.52. The number of nitrogens with zero attached hydrogens (tertiary/aromatic N) is 2. The van der Waals surface area contributed by atoms with E-state index in [1.165, 1.54) is 0 Å². The molecule has 0 radical (unpaired) electrons. The molecule has 1 aromatic rings. The topological polar surface area (TPSA) is 61.9 Å². The molecule has 2 aliphatic heterocycles. The molecule has 0 aromatic heterocycles. The molecule has 0 spiro atoms. The van der Waals surface area contributed by atoms with E-state index in [4.69, 9.17) is 16.3 Å². The second-order valence-corrected chi connectivity index (χ2v) is 6.88. The lowest BCUT2D eigenvalue weighted by atomic mass is 9.96. The number of likely N-dealkylation sites (tertiary alicyclic amines) is 1. The molecule has 6 nitrogen and oxygen atoms in total. The first kappa shape index (κ1) is 17.9. The molecule has 136 valence electrons. The Bertz CT molecular complexity index is 644. The first-order chi connectivity index (χ1) is 12.1. The number of carbonyl (C=O) groups is 2. The van der Waals surface area contributed by atoms with Crippen LogP contribution in [0.3, 0.4) is 0 Å². The number of hydrogen-bond acceptors (Lipinski definition) is 3. The van der Waals surface area contributed by atoms with Gasteiger partial charge in [-0.05, 0) is 37.5 Å². The zero-order valence-corrected chi connectivity index (χ0v) is 15.2. The Morgan fingerprint density at radius 3 is 2.76 bits per heavy atom. The van der Waals surface area contributed by atoms with Crippen LogP contribution >= 0.6 is 11.6 Å². The van der Waals surface area contributed by atoms with Crippen LogP contribution in [0.1, 0.15) is 26.2 Å². The van der Waals surface area contributed by atoms with Gasteiger partial charge in [0.2, 0.25) is 5.91 Å². The summed E-state index contributed by atoms with van der Waals surface area (Å²) in [7, 11) is 0. The molecule has 0 atom stereocenters. The Hall–Kier alpha value is -1.95. The Morgan fingerprint density at radius 2 is 2.04 bits per heavy atom. The van der Waals surface area contributed by atoms with Gasteiger partial charge in [-0.25, -0.2) is 4.79 Å². The Labute approximate surface area is 153 Å². The second kappa shape index (κ2) is 7.95. The van der Waals surface area contributed by atoms with Gasteiger partial charge in [0.25, 0.3) is 0 Å². The number of urea groups is 1.